The van der Waals surface area contributed by atoms with E-state index in [0.717, 1.165) is 0 Å². The molecule has 0 aromatic rings. The van der Waals surface area contributed by atoms with Crippen LogP contribution < -0.4 is 5.32 Å². The molecule has 1 N–H and O–H groups in total. The molecule has 2 nitrogen and oxygen atoms in total. The van der Waals surface area contributed by atoms with E-state index in [9.17, 15) is 9.18 Å². The normalized spacial score (nSPS) is 11.1. The Hall–Kier alpha value is -0.310. The summed E-state index contributed by atoms with van der Waals surface area (Å²) in [5, 5.41) is 2.03. The van der Waals surface area contributed by atoms with E-state index in [1.807, 2.05) is 5.32 Å². The van der Waals surface area contributed by atoms with E-state index < -0.39 is 11.7 Å². The zero-order chi connectivity index (χ0) is 7.49. The lowest BCUT2D eigenvalue weighted by atomic mass is 10.1. The highest BCUT2D eigenvalue weighted by Gasteiger charge is 2.17. The van der Waals surface area contributed by atoms with Crippen LogP contribution in [-0.2, 0) is 0 Å². The molecule has 0 aliphatic rings. The van der Waals surface area contributed by atoms with Crippen LogP contribution in [0.1, 0.15) is 13.8 Å². The minimum atomic E-state index is -1.54. The second-order valence-corrected chi connectivity index (χ2v) is 2.68. The Kier molecular flexibility index (Phi) is 2.91. The third-order valence-electron chi connectivity index (χ3n) is 0.771. The maximum Gasteiger partial charge on any atom is 0.397 e. The molecule has 54 valence electrons. The number of rotatable bonds is 2. The summed E-state index contributed by atoms with van der Waals surface area (Å²) in [5.74, 6) is 0.197. The molecule has 0 aromatic heterocycles. The van der Waals surface area contributed by atoms with E-state index >= 15 is 0 Å². The molecule has 0 heterocycles. The number of hydrogen-bond acceptors (Lipinski definition) is 1. The van der Waals surface area contributed by atoms with Crippen LogP contribution in [0, 0.1) is 0 Å². The molecule has 9 heavy (non-hydrogen) atoms. The molecule has 0 atom stereocenters. The molecule has 0 spiro atoms. The molecule has 0 aliphatic heterocycles. The van der Waals surface area contributed by atoms with Crippen LogP contribution in [0.3, 0.4) is 0 Å². The highest BCUT2D eigenvalue weighted by atomic mass is 35.5. The molecular formula is C5H9ClFNO. The Morgan fingerprint density at radius 1 is 1.78 bits per heavy atom. The Labute approximate surface area is 58.4 Å². The fourth-order valence-corrected chi connectivity index (χ4v) is 0.366. The Morgan fingerprint density at radius 3 is 2.33 bits per heavy atom. The lowest BCUT2D eigenvalue weighted by molar-refractivity contribution is 0.212. The number of carbonyl (C=O) groups excluding carboxylic acids is 1. The van der Waals surface area contributed by atoms with Gasteiger partial charge in [0.1, 0.15) is 0 Å². The van der Waals surface area contributed by atoms with Gasteiger partial charge in [-0.05, 0) is 13.8 Å². The fraction of sp³-hybridized carbons (Fsp3) is 0.800. The Balaban J connectivity index is 3.71. The zero-order valence-electron chi connectivity index (χ0n) is 5.37. The molecule has 1 amide bonds. The minimum absolute atomic E-state index is 0.197. The first-order valence-corrected chi connectivity index (χ1v) is 3.05. The molecule has 0 rings (SSSR count). The SMILES string of the molecule is CC(C)(CCl)NC(=O)F. The van der Waals surface area contributed by atoms with E-state index in [1.165, 1.54) is 0 Å². The van der Waals surface area contributed by atoms with Crippen LogP contribution in [0.2, 0.25) is 0 Å². The number of alkyl halides is 1. The molecule has 0 saturated heterocycles. The summed E-state index contributed by atoms with van der Waals surface area (Å²) >= 11 is 5.36. The fourth-order valence-electron chi connectivity index (χ4n) is 0.299. The van der Waals surface area contributed by atoms with Gasteiger partial charge in [-0.1, -0.05) is 0 Å². The highest BCUT2D eigenvalue weighted by Crippen LogP contribution is 2.03. The molecule has 0 radical (unpaired) electrons. The second-order valence-electron chi connectivity index (χ2n) is 2.42. The number of carbonyl (C=O) groups is 1. The van der Waals surface area contributed by atoms with Crippen LogP contribution in [0.5, 0.6) is 0 Å². The van der Waals surface area contributed by atoms with E-state index in [1.54, 1.807) is 13.8 Å². The first-order valence-electron chi connectivity index (χ1n) is 2.51. The molecule has 0 fully saturated rings. The summed E-state index contributed by atoms with van der Waals surface area (Å²) in [4.78, 5) is 9.78. The van der Waals surface area contributed by atoms with Gasteiger partial charge in [0.05, 0.1) is 5.54 Å². The van der Waals surface area contributed by atoms with Crippen molar-refractivity contribution in [2.24, 2.45) is 0 Å². The third kappa shape index (κ3) is 4.21. The van der Waals surface area contributed by atoms with E-state index in [0.29, 0.717) is 0 Å². The van der Waals surface area contributed by atoms with Crippen LogP contribution in [0.25, 0.3) is 0 Å². The smallest absolute Gasteiger partial charge is 0.322 e. The number of nitrogens with one attached hydrogen (secondary N) is 1. The first-order chi connectivity index (χ1) is 3.98. The van der Waals surface area contributed by atoms with Gasteiger partial charge in [-0.15, -0.1) is 16.0 Å². The van der Waals surface area contributed by atoms with Crippen molar-refractivity contribution in [3.63, 3.8) is 0 Å². The summed E-state index contributed by atoms with van der Waals surface area (Å²) in [7, 11) is 0. The van der Waals surface area contributed by atoms with Gasteiger partial charge >= 0.3 is 6.16 Å². The summed E-state index contributed by atoms with van der Waals surface area (Å²) in [6.07, 6.45) is -1.54. The summed E-state index contributed by atoms with van der Waals surface area (Å²) in [5.41, 5.74) is -0.645. The lowest BCUT2D eigenvalue weighted by Gasteiger charge is -2.19. The number of halogens is 2. The van der Waals surface area contributed by atoms with E-state index in [-0.39, 0.29) is 5.88 Å². The van der Waals surface area contributed by atoms with Crippen molar-refractivity contribution >= 4 is 17.8 Å². The van der Waals surface area contributed by atoms with Crippen molar-refractivity contribution in [3.05, 3.63) is 0 Å². The molecule has 0 saturated carbocycles. The monoisotopic (exact) mass is 153 g/mol. The van der Waals surface area contributed by atoms with E-state index in [4.69, 9.17) is 11.6 Å². The lowest BCUT2D eigenvalue weighted by Crippen LogP contribution is -2.42. The maximum absolute atomic E-state index is 11.6. The first kappa shape index (κ1) is 8.69. The van der Waals surface area contributed by atoms with Gasteiger partial charge < -0.3 is 5.32 Å². The van der Waals surface area contributed by atoms with Crippen molar-refractivity contribution in [3.8, 4) is 0 Å². The summed E-state index contributed by atoms with van der Waals surface area (Å²) in [6.45, 7) is 3.27. The average molecular weight is 154 g/mol. The molecule has 4 heteroatoms. The largest absolute Gasteiger partial charge is 0.397 e. The Morgan fingerprint density at radius 2 is 2.22 bits per heavy atom. The van der Waals surface area contributed by atoms with Gasteiger partial charge in [-0.3, -0.25) is 0 Å². The molecule has 0 aliphatic carbocycles. The quantitative estimate of drug-likeness (QED) is 0.365. The van der Waals surface area contributed by atoms with Crippen molar-refractivity contribution in [2.45, 2.75) is 19.4 Å². The topological polar surface area (TPSA) is 29.1 Å². The van der Waals surface area contributed by atoms with Crippen LogP contribution in [0.4, 0.5) is 9.18 Å². The van der Waals surface area contributed by atoms with Gasteiger partial charge in [-0.2, -0.15) is 0 Å². The van der Waals surface area contributed by atoms with Crippen molar-refractivity contribution in [1.29, 1.82) is 0 Å². The number of hydrogen-bond donors (Lipinski definition) is 1. The van der Waals surface area contributed by atoms with E-state index in [2.05, 4.69) is 0 Å². The summed E-state index contributed by atoms with van der Waals surface area (Å²) < 4.78 is 11.6. The third-order valence-corrected chi connectivity index (χ3v) is 1.44. The predicted octanol–water partition coefficient (Wildman–Crippen LogP) is 1.68. The van der Waals surface area contributed by atoms with Gasteiger partial charge in [0.15, 0.2) is 0 Å². The maximum atomic E-state index is 11.6. The molecular weight excluding hydrogens is 145 g/mol. The average Bonchev–Trinajstić information content (AvgIpc) is 1.63. The van der Waals surface area contributed by atoms with Crippen LogP contribution in [-0.4, -0.2) is 17.6 Å². The molecule has 0 bridgehead atoms. The molecule has 0 aromatic carbocycles. The minimum Gasteiger partial charge on any atom is -0.322 e. The van der Waals surface area contributed by atoms with Gasteiger partial charge in [-0.25, -0.2) is 4.79 Å². The predicted molar refractivity (Wildman–Crippen MR) is 34.4 cm³/mol. The van der Waals surface area contributed by atoms with Crippen molar-refractivity contribution in [1.82, 2.24) is 5.32 Å². The highest BCUT2D eigenvalue weighted by molar-refractivity contribution is 6.18. The second kappa shape index (κ2) is 3.01. The van der Waals surface area contributed by atoms with Gasteiger partial charge in [0.25, 0.3) is 0 Å². The Bertz CT molecular complexity index is 116. The number of amides is 1. The molecule has 0 unspecified atom stereocenters. The van der Waals surface area contributed by atoms with Gasteiger partial charge in [0, 0.05) is 5.88 Å². The standard InChI is InChI=1S/C5H9ClFNO/c1-5(2,3-6)8-4(7)9/h3H2,1-2H3,(H,8,9). The zero-order valence-corrected chi connectivity index (χ0v) is 6.13. The van der Waals surface area contributed by atoms with Crippen molar-refractivity contribution in [2.75, 3.05) is 5.88 Å². The summed E-state index contributed by atoms with van der Waals surface area (Å²) in [6, 6.07) is 0. The van der Waals surface area contributed by atoms with Gasteiger partial charge in [0.2, 0.25) is 0 Å². The van der Waals surface area contributed by atoms with Crippen LogP contribution >= 0.6 is 11.6 Å². The van der Waals surface area contributed by atoms with Crippen molar-refractivity contribution < 1.29 is 9.18 Å². The van der Waals surface area contributed by atoms with Crippen LogP contribution in [0.15, 0.2) is 0 Å².